The molecule has 96 valence electrons. The van der Waals surface area contributed by atoms with Crippen molar-refractivity contribution < 1.29 is 4.79 Å². The van der Waals surface area contributed by atoms with Gasteiger partial charge in [0.25, 0.3) is 5.91 Å². The average molecular weight is 274 g/mol. The van der Waals surface area contributed by atoms with Crippen LogP contribution < -0.4 is 11.5 Å². The topological polar surface area (TPSA) is 113 Å². The molecule has 0 saturated carbocycles. The lowest BCUT2D eigenvalue weighted by Gasteiger charge is -2.02. The lowest BCUT2D eigenvalue weighted by Crippen LogP contribution is -2.12. The quantitative estimate of drug-likeness (QED) is 0.719. The highest BCUT2D eigenvalue weighted by Gasteiger charge is 2.13. The third kappa shape index (κ3) is 1.91. The van der Waals surface area contributed by atoms with Crippen molar-refractivity contribution in [1.82, 2.24) is 19.7 Å². The maximum atomic E-state index is 11.1. The Morgan fingerprint density at radius 2 is 2.21 bits per heavy atom. The van der Waals surface area contributed by atoms with E-state index in [0.717, 1.165) is 15.1 Å². The Balaban J connectivity index is 2.25. The first-order chi connectivity index (χ1) is 9.04. The van der Waals surface area contributed by atoms with Gasteiger partial charge in [-0.3, -0.25) is 4.79 Å². The number of hydrogen-bond acceptors (Lipinski definition) is 6. The normalized spacial score (nSPS) is 11.0. The largest absolute Gasteiger partial charge is 0.368 e. The smallest absolute Gasteiger partial charge is 0.269 e. The summed E-state index contributed by atoms with van der Waals surface area (Å²) in [5.74, 6) is 0.123. The second-order valence-corrected chi connectivity index (χ2v) is 5.23. The summed E-state index contributed by atoms with van der Waals surface area (Å²) in [7, 11) is 0. The zero-order chi connectivity index (χ0) is 13.6. The van der Waals surface area contributed by atoms with E-state index in [4.69, 9.17) is 11.5 Å². The summed E-state index contributed by atoms with van der Waals surface area (Å²) >= 11 is 1.52. The Kier molecular flexibility index (Phi) is 2.46. The molecule has 0 bridgehead atoms. The van der Waals surface area contributed by atoms with Gasteiger partial charge >= 0.3 is 0 Å². The van der Waals surface area contributed by atoms with Crippen molar-refractivity contribution in [1.29, 1.82) is 0 Å². The molecule has 0 unspecified atom stereocenters. The van der Waals surface area contributed by atoms with Crippen LogP contribution in [-0.2, 0) is 0 Å². The SMILES string of the molecule is Cc1cc2c(-n3ccc(C(N)=O)n3)nc(N)nc2s1. The zero-order valence-corrected chi connectivity index (χ0v) is 10.8. The Bertz CT molecular complexity index is 790. The molecule has 0 atom stereocenters. The maximum Gasteiger partial charge on any atom is 0.269 e. The van der Waals surface area contributed by atoms with Crippen LogP contribution in [-0.4, -0.2) is 25.7 Å². The van der Waals surface area contributed by atoms with E-state index in [9.17, 15) is 4.79 Å². The van der Waals surface area contributed by atoms with Gasteiger partial charge in [-0.2, -0.15) is 10.1 Å². The molecule has 3 aromatic rings. The van der Waals surface area contributed by atoms with Crippen LogP contribution in [0, 0.1) is 6.92 Å². The molecule has 0 spiro atoms. The third-order valence-electron chi connectivity index (χ3n) is 2.57. The Morgan fingerprint density at radius 1 is 1.42 bits per heavy atom. The molecular formula is C11H10N6OS. The fraction of sp³-hybridized carbons (Fsp3) is 0.0909. The van der Waals surface area contributed by atoms with E-state index in [0.29, 0.717) is 5.82 Å². The first-order valence-corrected chi connectivity index (χ1v) is 6.26. The number of carbonyl (C=O) groups excluding carboxylic acids is 1. The molecule has 3 aromatic heterocycles. The molecule has 3 heterocycles. The predicted octanol–water partition coefficient (Wildman–Crippen LogP) is 0.867. The van der Waals surface area contributed by atoms with Crippen LogP contribution >= 0.6 is 11.3 Å². The Labute approximate surface area is 111 Å². The van der Waals surface area contributed by atoms with Crippen LogP contribution in [0.15, 0.2) is 18.3 Å². The highest BCUT2D eigenvalue weighted by molar-refractivity contribution is 7.18. The predicted molar refractivity (Wildman–Crippen MR) is 72.2 cm³/mol. The molecule has 0 aliphatic rings. The standard InChI is InChI=1S/C11H10N6OS/c1-5-4-6-9(14-11(13)15-10(6)19-5)17-3-2-7(16-17)8(12)18/h2-4H,1H3,(H2,12,18)(H2,13,14,15). The van der Waals surface area contributed by atoms with E-state index >= 15 is 0 Å². The zero-order valence-electron chi connectivity index (χ0n) is 9.99. The summed E-state index contributed by atoms with van der Waals surface area (Å²) in [4.78, 5) is 21.3. The Morgan fingerprint density at radius 3 is 2.89 bits per heavy atom. The molecule has 0 aliphatic heterocycles. The number of nitrogens with zero attached hydrogens (tertiary/aromatic N) is 4. The summed E-state index contributed by atoms with van der Waals surface area (Å²) in [6.07, 6.45) is 1.62. The summed E-state index contributed by atoms with van der Waals surface area (Å²) < 4.78 is 1.48. The molecule has 19 heavy (non-hydrogen) atoms. The van der Waals surface area contributed by atoms with Crippen molar-refractivity contribution in [3.63, 3.8) is 0 Å². The molecule has 0 radical (unpaired) electrons. The summed E-state index contributed by atoms with van der Waals surface area (Å²) in [6, 6.07) is 3.49. The van der Waals surface area contributed by atoms with Gasteiger partial charge in [0, 0.05) is 11.1 Å². The molecule has 1 amide bonds. The van der Waals surface area contributed by atoms with Gasteiger partial charge in [0.2, 0.25) is 5.95 Å². The van der Waals surface area contributed by atoms with Crippen molar-refractivity contribution in [2.45, 2.75) is 6.92 Å². The minimum atomic E-state index is -0.585. The van der Waals surface area contributed by atoms with Crippen molar-refractivity contribution in [3.05, 3.63) is 28.9 Å². The van der Waals surface area contributed by atoms with Crippen molar-refractivity contribution in [3.8, 4) is 5.82 Å². The third-order valence-corrected chi connectivity index (χ3v) is 3.52. The molecule has 0 aliphatic carbocycles. The van der Waals surface area contributed by atoms with Gasteiger partial charge < -0.3 is 11.5 Å². The van der Waals surface area contributed by atoms with Gasteiger partial charge in [-0.1, -0.05) is 0 Å². The number of hydrogen-bond donors (Lipinski definition) is 2. The van der Waals surface area contributed by atoms with Crippen LogP contribution in [0.25, 0.3) is 16.0 Å². The highest BCUT2D eigenvalue weighted by Crippen LogP contribution is 2.27. The fourth-order valence-electron chi connectivity index (χ4n) is 1.79. The molecular weight excluding hydrogens is 264 g/mol. The second-order valence-electron chi connectivity index (χ2n) is 3.99. The summed E-state index contributed by atoms with van der Waals surface area (Å²) in [6.45, 7) is 1.98. The van der Waals surface area contributed by atoms with Gasteiger partial charge in [-0.25, -0.2) is 9.67 Å². The lowest BCUT2D eigenvalue weighted by atomic mass is 10.3. The first kappa shape index (κ1) is 11.6. The summed E-state index contributed by atoms with van der Waals surface area (Å²) in [5.41, 5.74) is 11.0. The number of primary amides is 1. The van der Waals surface area contributed by atoms with Crippen molar-refractivity contribution in [2.24, 2.45) is 5.73 Å². The number of thiophene rings is 1. The number of anilines is 1. The van der Waals surface area contributed by atoms with Crippen LogP contribution in [0.2, 0.25) is 0 Å². The molecule has 4 N–H and O–H groups in total. The first-order valence-electron chi connectivity index (χ1n) is 5.44. The molecule has 3 rings (SSSR count). The molecule has 8 heteroatoms. The highest BCUT2D eigenvalue weighted by atomic mass is 32.1. The maximum absolute atomic E-state index is 11.1. The van der Waals surface area contributed by atoms with E-state index < -0.39 is 5.91 Å². The molecule has 0 aromatic carbocycles. The van der Waals surface area contributed by atoms with Gasteiger partial charge in [0.15, 0.2) is 5.82 Å². The molecule has 7 nitrogen and oxygen atoms in total. The van der Waals surface area contributed by atoms with E-state index in [1.165, 1.54) is 22.1 Å². The fourth-order valence-corrected chi connectivity index (χ4v) is 2.67. The van der Waals surface area contributed by atoms with E-state index in [1.54, 1.807) is 6.20 Å². The van der Waals surface area contributed by atoms with Crippen molar-refractivity contribution >= 4 is 33.4 Å². The average Bonchev–Trinajstić information content (AvgIpc) is 2.93. The van der Waals surface area contributed by atoms with E-state index in [2.05, 4.69) is 15.1 Å². The number of amides is 1. The van der Waals surface area contributed by atoms with E-state index in [1.807, 2.05) is 13.0 Å². The number of fused-ring (bicyclic) bond motifs is 1. The Hall–Kier alpha value is -2.48. The molecule has 0 saturated heterocycles. The van der Waals surface area contributed by atoms with Gasteiger partial charge in [0.1, 0.15) is 10.5 Å². The minimum Gasteiger partial charge on any atom is -0.368 e. The number of nitrogen functional groups attached to an aromatic ring is 1. The number of aryl methyl sites for hydroxylation is 1. The number of carbonyl (C=O) groups is 1. The minimum absolute atomic E-state index is 0.167. The van der Waals surface area contributed by atoms with Crippen molar-refractivity contribution in [2.75, 3.05) is 5.73 Å². The van der Waals surface area contributed by atoms with Crippen LogP contribution in [0.1, 0.15) is 15.4 Å². The monoisotopic (exact) mass is 274 g/mol. The molecule has 0 fully saturated rings. The van der Waals surface area contributed by atoms with Gasteiger partial charge in [-0.05, 0) is 19.1 Å². The van der Waals surface area contributed by atoms with E-state index in [-0.39, 0.29) is 11.6 Å². The number of nitrogens with two attached hydrogens (primary N) is 2. The van der Waals surface area contributed by atoms with Crippen LogP contribution in [0.5, 0.6) is 0 Å². The number of aromatic nitrogens is 4. The van der Waals surface area contributed by atoms with Crippen LogP contribution in [0.4, 0.5) is 5.95 Å². The van der Waals surface area contributed by atoms with Gasteiger partial charge in [0.05, 0.1) is 5.39 Å². The summed E-state index contributed by atoms with van der Waals surface area (Å²) in [5, 5.41) is 4.92. The lowest BCUT2D eigenvalue weighted by molar-refractivity contribution is 0.0995. The second kappa shape index (κ2) is 4.02. The number of rotatable bonds is 2. The van der Waals surface area contributed by atoms with Crippen LogP contribution in [0.3, 0.4) is 0 Å². The van der Waals surface area contributed by atoms with Gasteiger partial charge in [-0.15, -0.1) is 11.3 Å².